The van der Waals surface area contributed by atoms with Gasteiger partial charge in [0.15, 0.2) is 5.78 Å². The number of hydrogen-bond acceptors (Lipinski definition) is 3. The number of benzene rings is 2. The maximum atomic E-state index is 12.5. The van der Waals surface area contributed by atoms with E-state index in [1.807, 2.05) is 49.0 Å². The predicted octanol–water partition coefficient (Wildman–Crippen LogP) is 0.501. The molecule has 0 radical (unpaired) electrons. The minimum Gasteiger partial charge on any atom is -1.00 e. The number of nitrogen functional groups attached to an aromatic ring is 1. The summed E-state index contributed by atoms with van der Waals surface area (Å²) in [5, 5.41) is 0.539. The molecule has 7 heteroatoms. The van der Waals surface area contributed by atoms with Gasteiger partial charge in [-0.05, 0) is 43.3 Å². The van der Waals surface area contributed by atoms with Crippen LogP contribution in [0.1, 0.15) is 17.3 Å². The van der Waals surface area contributed by atoms with Crippen LogP contribution in [0.2, 0.25) is 5.02 Å². The van der Waals surface area contributed by atoms with E-state index in [0.29, 0.717) is 23.1 Å². The Morgan fingerprint density at radius 1 is 1.22 bits per heavy atom. The van der Waals surface area contributed by atoms with Crippen molar-refractivity contribution in [3.63, 3.8) is 0 Å². The molecule has 2 aromatic carbocycles. The quantitative estimate of drug-likeness (QED) is 0.439. The van der Waals surface area contributed by atoms with E-state index in [-0.39, 0.29) is 29.3 Å². The SMILES string of the molecule is CCOc1ccc(-c2c[n+](CC(=O)c3cccc(Cl)c3)c(N)n2C)cc1.[Br-]. The van der Waals surface area contributed by atoms with Gasteiger partial charge in [0.25, 0.3) is 0 Å². The minimum absolute atomic E-state index is 0. The van der Waals surface area contributed by atoms with Crippen LogP contribution >= 0.6 is 11.6 Å². The molecule has 142 valence electrons. The number of rotatable bonds is 6. The summed E-state index contributed by atoms with van der Waals surface area (Å²) >= 11 is 5.97. The largest absolute Gasteiger partial charge is 1.00 e. The first-order valence-corrected chi connectivity index (χ1v) is 8.74. The third kappa shape index (κ3) is 4.70. The molecule has 1 heterocycles. The molecule has 1 aromatic heterocycles. The normalized spacial score (nSPS) is 10.3. The number of imidazole rings is 1. The Bertz CT molecular complexity index is 939. The molecule has 0 unspecified atom stereocenters. The molecule has 3 rings (SSSR count). The zero-order valence-electron chi connectivity index (χ0n) is 15.2. The number of halogens is 2. The maximum absolute atomic E-state index is 12.5. The molecule has 0 amide bonds. The second-order valence-corrected chi connectivity index (χ2v) is 6.39. The number of ether oxygens (including phenoxy) is 1. The fourth-order valence-corrected chi connectivity index (χ4v) is 3.00. The third-order valence-corrected chi connectivity index (χ3v) is 4.43. The van der Waals surface area contributed by atoms with Gasteiger partial charge in [-0.1, -0.05) is 23.7 Å². The lowest BCUT2D eigenvalue weighted by molar-refractivity contribution is -0.667. The van der Waals surface area contributed by atoms with Crippen LogP contribution in [0.3, 0.4) is 0 Å². The number of carbonyl (C=O) groups excluding carboxylic acids is 1. The first kappa shape index (κ1) is 21.0. The van der Waals surface area contributed by atoms with Crippen molar-refractivity contribution in [3.05, 3.63) is 65.3 Å². The summed E-state index contributed by atoms with van der Waals surface area (Å²) in [6.45, 7) is 2.73. The first-order chi connectivity index (χ1) is 12.5. The zero-order chi connectivity index (χ0) is 18.7. The number of carbonyl (C=O) groups is 1. The van der Waals surface area contributed by atoms with E-state index in [2.05, 4.69) is 0 Å². The molecule has 27 heavy (non-hydrogen) atoms. The zero-order valence-corrected chi connectivity index (χ0v) is 17.5. The highest BCUT2D eigenvalue weighted by molar-refractivity contribution is 6.30. The van der Waals surface area contributed by atoms with E-state index < -0.39 is 0 Å². The Kier molecular flexibility index (Phi) is 7.05. The summed E-state index contributed by atoms with van der Waals surface area (Å²) in [5.41, 5.74) is 8.68. The number of aromatic nitrogens is 2. The Morgan fingerprint density at radius 3 is 2.56 bits per heavy atom. The summed E-state index contributed by atoms with van der Waals surface area (Å²) in [6.07, 6.45) is 1.88. The molecule has 2 N–H and O–H groups in total. The van der Waals surface area contributed by atoms with Gasteiger partial charge in [0.1, 0.15) is 24.2 Å². The number of hydrogen-bond donors (Lipinski definition) is 1. The molecule has 5 nitrogen and oxygen atoms in total. The average Bonchev–Trinajstić information content (AvgIpc) is 2.91. The summed E-state index contributed by atoms with van der Waals surface area (Å²) in [7, 11) is 1.88. The van der Waals surface area contributed by atoms with Crippen molar-refractivity contribution in [2.24, 2.45) is 7.05 Å². The van der Waals surface area contributed by atoms with E-state index in [1.165, 1.54) is 0 Å². The van der Waals surface area contributed by atoms with Gasteiger partial charge in [-0.3, -0.25) is 10.5 Å². The van der Waals surface area contributed by atoms with Crippen molar-refractivity contribution in [2.75, 3.05) is 12.3 Å². The lowest BCUT2D eigenvalue weighted by Gasteiger charge is -2.03. The highest BCUT2D eigenvalue weighted by atomic mass is 79.9. The number of anilines is 1. The number of Topliss-reactive ketones (excluding diaryl/α,β-unsaturated/α-hetero) is 1. The van der Waals surface area contributed by atoms with Gasteiger partial charge >= 0.3 is 5.95 Å². The molecule has 0 aliphatic rings. The topological polar surface area (TPSA) is 61.1 Å². The van der Waals surface area contributed by atoms with Crippen LogP contribution in [0.4, 0.5) is 5.95 Å². The second kappa shape index (κ2) is 9.06. The van der Waals surface area contributed by atoms with Crippen molar-refractivity contribution in [1.82, 2.24) is 4.57 Å². The van der Waals surface area contributed by atoms with Gasteiger partial charge in [0, 0.05) is 16.1 Å². The molecular formula is C20H21BrClN3O2. The molecule has 0 aliphatic heterocycles. The molecule has 0 aliphatic carbocycles. The smallest absolute Gasteiger partial charge is 0.355 e. The number of nitrogens with two attached hydrogens (primary N) is 1. The fourth-order valence-electron chi connectivity index (χ4n) is 2.81. The van der Waals surface area contributed by atoms with Crippen LogP contribution in [0.15, 0.2) is 54.7 Å². The Morgan fingerprint density at radius 2 is 1.93 bits per heavy atom. The third-order valence-electron chi connectivity index (χ3n) is 4.20. The van der Waals surface area contributed by atoms with Gasteiger partial charge in [0.2, 0.25) is 0 Å². The molecule has 0 fully saturated rings. The molecule has 3 aromatic rings. The summed E-state index contributed by atoms with van der Waals surface area (Å²) in [5.74, 6) is 1.28. The fraction of sp³-hybridized carbons (Fsp3) is 0.200. The summed E-state index contributed by atoms with van der Waals surface area (Å²) < 4.78 is 9.08. The van der Waals surface area contributed by atoms with Crippen LogP contribution in [-0.2, 0) is 13.6 Å². The van der Waals surface area contributed by atoms with Crippen LogP contribution in [0, 0.1) is 0 Å². The Labute approximate surface area is 174 Å². The van der Waals surface area contributed by atoms with Crippen molar-refractivity contribution in [2.45, 2.75) is 13.5 Å². The second-order valence-electron chi connectivity index (χ2n) is 5.95. The molecule has 0 atom stereocenters. The lowest BCUT2D eigenvalue weighted by Crippen LogP contribution is -3.00. The molecule has 0 saturated heterocycles. The van der Waals surface area contributed by atoms with Crippen LogP contribution in [0.25, 0.3) is 11.3 Å². The summed E-state index contributed by atoms with van der Waals surface area (Å²) in [6, 6.07) is 14.7. The van der Waals surface area contributed by atoms with E-state index in [4.69, 9.17) is 22.1 Å². The van der Waals surface area contributed by atoms with Crippen LogP contribution in [-0.4, -0.2) is 17.0 Å². The Balaban J connectivity index is 0.00000261. The standard InChI is InChI=1S/C20H20ClN3O2.BrH/c1-3-26-17-9-7-14(8-10-17)18-12-24(20(22)23(18)2)13-19(25)15-5-4-6-16(21)11-15;/h4-12,22H,3,13H2,1-2H3;1H. The average molecular weight is 451 g/mol. The van der Waals surface area contributed by atoms with Gasteiger partial charge in [-0.15, -0.1) is 0 Å². The first-order valence-electron chi connectivity index (χ1n) is 8.36. The van der Waals surface area contributed by atoms with Crippen molar-refractivity contribution >= 4 is 23.3 Å². The van der Waals surface area contributed by atoms with E-state index in [0.717, 1.165) is 17.0 Å². The van der Waals surface area contributed by atoms with Gasteiger partial charge in [-0.25, -0.2) is 9.13 Å². The van der Waals surface area contributed by atoms with Crippen LogP contribution in [0.5, 0.6) is 5.75 Å². The minimum atomic E-state index is -0.0481. The van der Waals surface area contributed by atoms with E-state index >= 15 is 0 Å². The monoisotopic (exact) mass is 449 g/mol. The molecule has 0 saturated carbocycles. The number of ketones is 1. The van der Waals surface area contributed by atoms with Crippen molar-refractivity contribution in [1.29, 1.82) is 0 Å². The highest BCUT2D eigenvalue weighted by Crippen LogP contribution is 2.23. The highest BCUT2D eigenvalue weighted by Gasteiger charge is 2.20. The maximum Gasteiger partial charge on any atom is 0.355 e. The Hall–Kier alpha value is -2.31. The van der Waals surface area contributed by atoms with E-state index in [1.54, 1.807) is 28.8 Å². The van der Waals surface area contributed by atoms with Gasteiger partial charge in [0.05, 0.1) is 13.7 Å². The molecule has 0 spiro atoms. The van der Waals surface area contributed by atoms with Gasteiger partial charge in [-0.2, -0.15) is 0 Å². The van der Waals surface area contributed by atoms with Gasteiger partial charge < -0.3 is 21.7 Å². The molecular weight excluding hydrogens is 430 g/mol. The van der Waals surface area contributed by atoms with Crippen LogP contribution < -0.4 is 32.0 Å². The summed E-state index contributed by atoms with van der Waals surface area (Å²) in [4.78, 5) is 12.5. The van der Waals surface area contributed by atoms with Crippen molar-refractivity contribution in [3.8, 4) is 17.0 Å². The molecule has 0 bridgehead atoms. The van der Waals surface area contributed by atoms with E-state index in [9.17, 15) is 4.79 Å². The van der Waals surface area contributed by atoms with Crippen molar-refractivity contribution < 1.29 is 31.1 Å². The predicted molar refractivity (Wildman–Crippen MR) is 102 cm³/mol. The lowest BCUT2D eigenvalue weighted by atomic mass is 10.1. The number of nitrogens with zero attached hydrogens (tertiary/aromatic N) is 2.